The molecule has 1 N–H and O–H groups in total. The third-order valence-electron chi connectivity index (χ3n) is 2.69. The van der Waals surface area contributed by atoms with E-state index in [9.17, 15) is 5.11 Å². The van der Waals surface area contributed by atoms with Gasteiger partial charge in [-0.1, -0.05) is 23.8 Å². The van der Waals surface area contributed by atoms with Crippen molar-refractivity contribution >= 4 is 0 Å². The highest BCUT2D eigenvalue weighted by molar-refractivity contribution is 5.68. The number of methoxy groups -OCH3 is 1. The summed E-state index contributed by atoms with van der Waals surface area (Å²) in [4.78, 5) is 4.12. The van der Waals surface area contributed by atoms with Gasteiger partial charge in [0.2, 0.25) is 0 Å². The molecule has 0 aliphatic heterocycles. The van der Waals surface area contributed by atoms with Gasteiger partial charge in [0.25, 0.3) is 0 Å². The lowest BCUT2D eigenvalue weighted by molar-refractivity contribution is 0.282. The lowest BCUT2D eigenvalue weighted by atomic mass is 9.99. The van der Waals surface area contributed by atoms with E-state index in [-0.39, 0.29) is 6.61 Å². The summed E-state index contributed by atoms with van der Waals surface area (Å²) < 4.78 is 5.15. The van der Waals surface area contributed by atoms with Crippen molar-refractivity contribution in [3.63, 3.8) is 0 Å². The van der Waals surface area contributed by atoms with Gasteiger partial charge < -0.3 is 9.84 Å². The Hall–Kier alpha value is -1.87. The molecule has 0 bridgehead atoms. The highest BCUT2D eigenvalue weighted by Crippen LogP contribution is 2.26. The second-order valence-corrected chi connectivity index (χ2v) is 3.93. The van der Waals surface area contributed by atoms with Crippen molar-refractivity contribution < 1.29 is 9.84 Å². The van der Waals surface area contributed by atoms with Gasteiger partial charge in [-0.15, -0.1) is 0 Å². The minimum Gasteiger partial charge on any atom is -0.495 e. The Kier molecular flexibility index (Phi) is 3.40. The van der Waals surface area contributed by atoms with Crippen LogP contribution in [0.4, 0.5) is 0 Å². The number of aliphatic hydroxyl groups is 1. The summed E-state index contributed by atoms with van der Waals surface area (Å²) in [5.41, 5.74) is 3.98. The van der Waals surface area contributed by atoms with Gasteiger partial charge in [0.05, 0.1) is 19.9 Å². The first kappa shape index (κ1) is 11.6. The van der Waals surface area contributed by atoms with Crippen LogP contribution in [0, 0.1) is 6.92 Å². The van der Waals surface area contributed by atoms with Gasteiger partial charge in [-0.25, -0.2) is 0 Å². The van der Waals surface area contributed by atoms with Crippen LogP contribution in [-0.2, 0) is 6.61 Å². The Morgan fingerprint density at radius 1 is 1.24 bits per heavy atom. The molecule has 17 heavy (non-hydrogen) atoms. The summed E-state index contributed by atoms with van der Waals surface area (Å²) in [5, 5.41) is 9.38. The van der Waals surface area contributed by atoms with E-state index in [1.165, 1.54) is 0 Å². The highest BCUT2D eigenvalue weighted by atomic mass is 16.5. The SMILES string of the molecule is COc1cncc(-c2ccc(C)cc2CO)c1. The normalized spacial score (nSPS) is 10.3. The predicted octanol–water partition coefficient (Wildman–Crippen LogP) is 2.56. The van der Waals surface area contributed by atoms with Gasteiger partial charge in [0.15, 0.2) is 0 Å². The van der Waals surface area contributed by atoms with E-state index < -0.39 is 0 Å². The third kappa shape index (κ3) is 2.45. The van der Waals surface area contributed by atoms with E-state index in [1.807, 2.05) is 31.2 Å². The minimum absolute atomic E-state index is 0.0220. The van der Waals surface area contributed by atoms with Crippen LogP contribution in [0.3, 0.4) is 0 Å². The van der Waals surface area contributed by atoms with Crippen LogP contribution < -0.4 is 4.74 Å². The number of pyridine rings is 1. The minimum atomic E-state index is 0.0220. The first-order valence-electron chi connectivity index (χ1n) is 5.44. The number of benzene rings is 1. The largest absolute Gasteiger partial charge is 0.495 e. The second kappa shape index (κ2) is 4.97. The Morgan fingerprint density at radius 2 is 2.06 bits per heavy atom. The molecule has 0 spiro atoms. The van der Waals surface area contributed by atoms with Crippen molar-refractivity contribution in [2.24, 2.45) is 0 Å². The quantitative estimate of drug-likeness (QED) is 0.879. The standard InChI is InChI=1S/C14H15NO2/c1-10-3-4-14(12(5-10)9-16)11-6-13(17-2)8-15-7-11/h3-8,16H,9H2,1-2H3. The topological polar surface area (TPSA) is 42.4 Å². The molecule has 0 saturated heterocycles. The summed E-state index contributed by atoms with van der Waals surface area (Å²) in [7, 11) is 1.61. The zero-order valence-corrected chi connectivity index (χ0v) is 9.97. The van der Waals surface area contributed by atoms with Crippen LogP contribution in [0.25, 0.3) is 11.1 Å². The molecule has 0 unspecified atom stereocenters. The molecule has 2 rings (SSSR count). The molecule has 0 fully saturated rings. The number of rotatable bonds is 3. The molecule has 0 radical (unpaired) electrons. The van der Waals surface area contributed by atoms with Crippen molar-refractivity contribution in [1.29, 1.82) is 0 Å². The zero-order chi connectivity index (χ0) is 12.3. The van der Waals surface area contributed by atoms with Gasteiger partial charge in [0.1, 0.15) is 5.75 Å². The number of hydrogen-bond donors (Lipinski definition) is 1. The van der Waals surface area contributed by atoms with Crippen LogP contribution in [0.5, 0.6) is 5.75 Å². The Bertz CT molecular complexity index is 523. The second-order valence-electron chi connectivity index (χ2n) is 3.93. The van der Waals surface area contributed by atoms with Gasteiger partial charge in [-0.2, -0.15) is 0 Å². The number of hydrogen-bond acceptors (Lipinski definition) is 3. The maximum atomic E-state index is 9.38. The first-order chi connectivity index (χ1) is 8.24. The predicted molar refractivity (Wildman–Crippen MR) is 66.9 cm³/mol. The molecule has 1 aromatic carbocycles. The van der Waals surface area contributed by atoms with Gasteiger partial charge in [-0.3, -0.25) is 4.98 Å². The maximum Gasteiger partial charge on any atom is 0.137 e. The fourth-order valence-corrected chi connectivity index (χ4v) is 1.81. The van der Waals surface area contributed by atoms with Crippen LogP contribution >= 0.6 is 0 Å². The fraction of sp³-hybridized carbons (Fsp3) is 0.214. The van der Waals surface area contributed by atoms with Crippen molar-refractivity contribution in [2.75, 3.05) is 7.11 Å². The van der Waals surface area contributed by atoms with Crippen molar-refractivity contribution in [3.8, 4) is 16.9 Å². The molecule has 3 heteroatoms. The lowest BCUT2D eigenvalue weighted by Crippen LogP contribution is -1.92. The highest BCUT2D eigenvalue weighted by Gasteiger charge is 2.06. The van der Waals surface area contributed by atoms with Crippen LogP contribution in [-0.4, -0.2) is 17.2 Å². The summed E-state index contributed by atoms with van der Waals surface area (Å²) >= 11 is 0. The van der Waals surface area contributed by atoms with Crippen LogP contribution in [0.15, 0.2) is 36.7 Å². The Balaban J connectivity index is 2.51. The molecule has 0 amide bonds. The average Bonchev–Trinajstić information content (AvgIpc) is 2.38. The van der Waals surface area contributed by atoms with Crippen molar-refractivity contribution in [2.45, 2.75) is 13.5 Å². The van der Waals surface area contributed by atoms with Crippen molar-refractivity contribution in [1.82, 2.24) is 4.98 Å². The third-order valence-corrected chi connectivity index (χ3v) is 2.69. The Labute approximate surface area is 101 Å². The van der Waals surface area contributed by atoms with E-state index in [1.54, 1.807) is 19.5 Å². The summed E-state index contributed by atoms with van der Waals surface area (Å²) in [6, 6.07) is 7.91. The molecule has 88 valence electrons. The average molecular weight is 229 g/mol. The molecule has 2 aromatic rings. The number of ether oxygens (including phenoxy) is 1. The smallest absolute Gasteiger partial charge is 0.137 e. The molecular formula is C14H15NO2. The Morgan fingerprint density at radius 3 is 2.76 bits per heavy atom. The van der Waals surface area contributed by atoms with Crippen molar-refractivity contribution in [3.05, 3.63) is 47.8 Å². The van der Waals surface area contributed by atoms with Crippen LogP contribution in [0.2, 0.25) is 0 Å². The molecule has 1 heterocycles. The van der Waals surface area contributed by atoms with E-state index in [0.29, 0.717) is 5.75 Å². The zero-order valence-electron chi connectivity index (χ0n) is 9.97. The molecule has 0 aliphatic rings. The van der Waals surface area contributed by atoms with Gasteiger partial charge in [0, 0.05) is 11.8 Å². The summed E-state index contributed by atoms with van der Waals surface area (Å²) in [6.07, 6.45) is 3.43. The van der Waals surface area contributed by atoms with E-state index in [2.05, 4.69) is 4.98 Å². The fourth-order valence-electron chi connectivity index (χ4n) is 1.81. The summed E-state index contributed by atoms with van der Waals surface area (Å²) in [6.45, 7) is 2.03. The number of aromatic nitrogens is 1. The van der Waals surface area contributed by atoms with E-state index in [4.69, 9.17) is 4.74 Å². The molecular weight excluding hydrogens is 214 g/mol. The number of nitrogens with zero attached hydrogens (tertiary/aromatic N) is 1. The first-order valence-corrected chi connectivity index (χ1v) is 5.44. The number of aliphatic hydroxyl groups excluding tert-OH is 1. The van der Waals surface area contributed by atoms with Crippen LogP contribution in [0.1, 0.15) is 11.1 Å². The molecule has 0 atom stereocenters. The molecule has 3 nitrogen and oxygen atoms in total. The van der Waals surface area contributed by atoms with Gasteiger partial charge >= 0.3 is 0 Å². The molecule has 0 aliphatic carbocycles. The maximum absolute atomic E-state index is 9.38. The lowest BCUT2D eigenvalue weighted by Gasteiger charge is -2.09. The van der Waals surface area contributed by atoms with Gasteiger partial charge in [-0.05, 0) is 24.1 Å². The summed E-state index contributed by atoms with van der Waals surface area (Å²) in [5.74, 6) is 0.715. The number of aryl methyl sites for hydroxylation is 1. The van der Waals surface area contributed by atoms with E-state index in [0.717, 1.165) is 22.3 Å². The van der Waals surface area contributed by atoms with E-state index >= 15 is 0 Å². The molecule has 0 saturated carbocycles. The monoisotopic (exact) mass is 229 g/mol. The molecule has 1 aromatic heterocycles.